The number of hydrazone groups is 1. The highest BCUT2D eigenvalue weighted by atomic mass is 35.5. The van der Waals surface area contributed by atoms with E-state index in [4.69, 9.17) is 25.8 Å². The smallest absolute Gasteiger partial charge is 0.337 e. The molecule has 14 heteroatoms. The zero-order valence-electron chi connectivity index (χ0n) is 20.7. The minimum absolute atomic E-state index is 0.153. The fourth-order valence-electron chi connectivity index (χ4n) is 3.56. The second kappa shape index (κ2) is 12.7. The van der Waals surface area contributed by atoms with Gasteiger partial charge in [-0.05, 0) is 37.6 Å². The SMILES string of the molecule is CCOc1cc([C@H]2NC(=O)NC(C)=C2C(=O)OC)ccc1OC[C@@H](O)N/N=C\c1cc([N+](=O)[O-])ccc1Cl. The number of esters is 1. The summed E-state index contributed by atoms with van der Waals surface area (Å²) in [6.45, 7) is 3.43. The van der Waals surface area contributed by atoms with Crippen LogP contribution in [0.25, 0.3) is 0 Å². The molecule has 0 radical (unpaired) electrons. The van der Waals surface area contributed by atoms with Gasteiger partial charge in [-0.2, -0.15) is 5.10 Å². The largest absolute Gasteiger partial charge is 0.490 e. The Morgan fingerprint density at radius 2 is 2.05 bits per heavy atom. The number of hydrogen-bond acceptors (Lipinski definition) is 10. The first-order valence-electron chi connectivity index (χ1n) is 11.3. The summed E-state index contributed by atoms with van der Waals surface area (Å²) in [5.74, 6) is 0.0147. The number of aliphatic hydroxyl groups excluding tert-OH is 1. The summed E-state index contributed by atoms with van der Waals surface area (Å²) in [4.78, 5) is 34.8. The number of carbonyl (C=O) groups excluding carboxylic acids is 2. The number of aliphatic hydroxyl groups is 1. The van der Waals surface area contributed by atoms with Crippen molar-refractivity contribution in [1.82, 2.24) is 16.1 Å². The van der Waals surface area contributed by atoms with E-state index in [2.05, 4.69) is 21.2 Å². The number of ether oxygens (including phenoxy) is 3. The Morgan fingerprint density at radius 3 is 2.74 bits per heavy atom. The van der Waals surface area contributed by atoms with Gasteiger partial charge < -0.3 is 30.0 Å². The van der Waals surface area contributed by atoms with E-state index in [1.807, 2.05) is 0 Å². The number of non-ortho nitro benzene ring substituents is 1. The summed E-state index contributed by atoms with van der Waals surface area (Å²) in [6.07, 6.45) is -0.0150. The van der Waals surface area contributed by atoms with Gasteiger partial charge in [-0.1, -0.05) is 17.7 Å². The highest BCUT2D eigenvalue weighted by molar-refractivity contribution is 6.33. The van der Waals surface area contributed by atoms with Crippen molar-refractivity contribution in [3.8, 4) is 11.5 Å². The molecule has 4 N–H and O–H groups in total. The monoisotopic (exact) mass is 547 g/mol. The average Bonchev–Trinajstić information content (AvgIpc) is 2.88. The maximum absolute atomic E-state index is 12.4. The zero-order valence-corrected chi connectivity index (χ0v) is 21.4. The van der Waals surface area contributed by atoms with Gasteiger partial charge in [0.1, 0.15) is 6.61 Å². The van der Waals surface area contributed by atoms with Crippen LogP contribution in [0.1, 0.15) is 31.0 Å². The molecule has 0 aromatic heterocycles. The van der Waals surface area contributed by atoms with Gasteiger partial charge in [0.15, 0.2) is 17.7 Å². The Kier molecular flexibility index (Phi) is 9.46. The number of methoxy groups -OCH3 is 1. The molecule has 2 aromatic carbocycles. The molecule has 38 heavy (non-hydrogen) atoms. The van der Waals surface area contributed by atoms with E-state index < -0.39 is 29.2 Å². The standard InChI is InChI=1S/C24H26ClN5O8/c1-4-37-19-10-14(22-21(23(32)36-3)13(2)27-24(33)28-22)5-8-18(19)38-12-20(31)29-26-11-15-9-16(30(34)35)6-7-17(15)25/h5-11,20,22,29,31H,4,12H2,1-3H3,(H2,27,28,33)/b26-11-/t20-,22-/m1/s1. The number of urea groups is 1. The van der Waals surface area contributed by atoms with Gasteiger partial charge in [0.2, 0.25) is 0 Å². The highest BCUT2D eigenvalue weighted by Gasteiger charge is 2.32. The minimum atomic E-state index is -1.25. The number of benzene rings is 2. The van der Waals surface area contributed by atoms with Crippen LogP contribution >= 0.6 is 11.6 Å². The molecule has 0 bridgehead atoms. The molecular weight excluding hydrogens is 522 g/mol. The number of hydrogen-bond donors (Lipinski definition) is 4. The van der Waals surface area contributed by atoms with Crippen LogP contribution in [0.2, 0.25) is 5.02 Å². The molecule has 0 saturated carbocycles. The Morgan fingerprint density at radius 1 is 1.29 bits per heavy atom. The number of carbonyl (C=O) groups is 2. The number of halogens is 1. The second-order valence-corrected chi connectivity index (χ2v) is 8.29. The lowest BCUT2D eigenvalue weighted by Crippen LogP contribution is -2.45. The Balaban J connectivity index is 1.71. The molecule has 0 fully saturated rings. The molecule has 1 aliphatic heterocycles. The number of allylic oxidation sites excluding steroid dienone is 1. The Hall–Kier alpha value is -4.36. The average molecular weight is 548 g/mol. The molecule has 3 rings (SSSR count). The maximum atomic E-state index is 12.4. The fourth-order valence-corrected chi connectivity index (χ4v) is 3.72. The zero-order chi connectivity index (χ0) is 27.8. The van der Waals surface area contributed by atoms with E-state index >= 15 is 0 Å². The minimum Gasteiger partial charge on any atom is -0.490 e. The van der Waals surface area contributed by atoms with E-state index in [0.29, 0.717) is 29.4 Å². The van der Waals surface area contributed by atoms with E-state index in [1.165, 1.54) is 31.5 Å². The van der Waals surface area contributed by atoms with Crippen molar-refractivity contribution in [3.05, 3.63) is 73.9 Å². The van der Waals surface area contributed by atoms with Gasteiger partial charge in [0.25, 0.3) is 5.69 Å². The van der Waals surface area contributed by atoms with Gasteiger partial charge in [0.05, 0.1) is 36.5 Å². The van der Waals surface area contributed by atoms with Gasteiger partial charge in [-0.25, -0.2) is 9.59 Å². The van der Waals surface area contributed by atoms with Gasteiger partial charge in [0, 0.05) is 28.4 Å². The first-order chi connectivity index (χ1) is 18.1. The lowest BCUT2D eigenvalue weighted by molar-refractivity contribution is -0.384. The normalized spacial score (nSPS) is 15.9. The molecule has 13 nitrogen and oxygen atoms in total. The molecule has 2 aromatic rings. The third-order valence-corrected chi connectivity index (χ3v) is 5.63. The summed E-state index contributed by atoms with van der Waals surface area (Å²) in [6, 6.07) is 7.48. The van der Waals surface area contributed by atoms with E-state index in [-0.39, 0.29) is 28.5 Å². The van der Waals surface area contributed by atoms with E-state index in [1.54, 1.807) is 32.0 Å². The highest BCUT2D eigenvalue weighted by Crippen LogP contribution is 2.35. The molecular formula is C24H26ClN5O8. The molecule has 2 atom stereocenters. The van der Waals surface area contributed by atoms with Crippen molar-refractivity contribution in [2.24, 2.45) is 5.10 Å². The maximum Gasteiger partial charge on any atom is 0.337 e. The van der Waals surface area contributed by atoms with Crippen molar-refractivity contribution in [2.75, 3.05) is 20.3 Å². The third-order valence-electron chi connectivity index (χ3n) is 5.29. The molecule has 0 spiro atoms. The molecule has 0 unspecified atom stereocenters. The van der Waals surface area contributed by atoms with Crippen molar-refractivity contribution >= 4 is 35.5 Å². The molecule has 1 aliphatic rings. The van der Waals surface area contributed by atoms with Crippen LogP contribution in [0, 0.1) is 10.1 Å². The fraction of sp³-hybridized carbons (Fsp3) is 0.292. The van der Waals surface area contributed by atoms with Crippen LogP contribution in [0.3, 0.4) is 0 Å². The topological polar surface area (TPSA) is 174 Å². The van der Waals surface area contributed by atoms with Crippen LogP contribution in [-0.4, -0.2) is 54.8 Å². The van der Waals surface area contributed by atoms with Crippen LogP contribution in [0.4, 0.5) is 10.5 Å². The van der Waals surface area contributed by atoms with Crippen molar-refractivity contribution in [2.45, 2.75) is 26.1 Å². The number of nitro benzene ring substituents is 1. The Labute approximate surface area is 222 Å². The van der Waals surface area contributed by atoms with E-state index in [9.17, 15) is 24.8 Å². The number of nitrogens with one attached hydrogen (secondary N) is 3. The van der Waals surface area contributed by atoms with Crippen LogP contribution < -0.4 is 25.5 Å². The number of amides is 2. The van der Waals surface area contributed by atoms with Gasteiger partial charge >= 0.3 is 12.0 Å². The lowest BCUT2D eigenvalue weighted by Gasteiger charge is -2.28. The first-order valence-corrected chi connectivity index (χ1v) is 11.7. The predicted octanol–water partition coefficient (Wildman–Crippen LogP) is 2.77. The van der Waals surface area contributed by atoms with Crippen LogP contribution in [0.15, 0.2) is 52.8 Å². The van der Waals surface area contributed by atoms with Crippen LogP contribution in [0.5, 0.6) is 11.5 Å². The van der Waals surface area contributed by atoms with Gasteiger partial charge in [-0.3, -0.25) is 15.5 Å². The van der Waals surface area contributed by atoms with E-state index in [0.717, 1.165) is 0 Å². The quantitative estimate of drug-likeness (QED) is 0.108. The molecule has 0 saturated heterocycles. The van der Waals surface area contributed by atoms with Crippen molar-refractivity contribution < 1.29 is 33.8 Å². The first kappa shape index (κ1) is 28.2. The molecule has 2 amide bonds. The summed E-state index contributed by atoms with van der Waals surface area (Å²) in [5.41, 5.74) is 3.74. The summed E-state index contributed by atoms with van der Waals surface area (Å²) in [7, 11) is 1.25. The number of rotatable bonds is 11. The molecule has 1 heterocycles. The van der Waals surface area contributed by atoms with Crippen LogP contribution in [-0.2, 0) is 9.53 Å². The number of nitro groups is 1. The third kappa shape index (κ3) is 6.89. The van der Waals surface area contributed by atoms with Crippen molar-refractivity contribution in [1.29, 1.82) is 0 Å². The summed E-state index contributed by atoms with van der Waals surface area (Å²) >= 11 is 6.03. The summed E-state index contributed by atoms with van der Waals surface area (Å²) < 4.78 is 16.2. The van der Waals surface area contributed by atoms with Crippen molar-refractivity contribution in [3.63, 3.8) is 0 Å². The molecule has 0 aliphatic carbocycles. The predicted molar refractivity (Wildman–Crippen MR) is 137 cm³/mol. The molecule has 202 valence electrons. The van der Waals surface area contributed by atoms with Gasteiger partial charge in [-0.15, -0.1) is 0 Å². The summed E-state index contributed by atoms with van der Waals surface area (Å²) in [5, 5.41) is 30.5. The lowest BCUT2D eigenvalue weighted by atomic mass is 9.95. The Bertz CT molecular complexity index is 1280. The second-order valence-electron chi connectivity index (χ2n) is 7.88. The number of nitrogens with zero attached hydrogens (tertiary/aromatic N) is 2.